The third-order valence-corrected chi connectivity index (χ3v) is 9.13. The van der Waals surface area contributed by atoms with Crippen molar-refractivity contribution in [1.82, 2.24) is 34.3 Å². The number of rotatable bonds is 7. The maximum absolute atomic E-state index is 12.3. The number of hydrogen-bond acceptors (Lipinski definition) is 9. The summed E-state index contributed by atoms with van der Waals surface area (Å²) in [4.78, 5) is 9.46. The van der Waals surface area contributed by atoms with Gasteiger partial charge in [-0.15, -0.1) is 11.3 Å². The second kappa shape index (κ2) is 8.37. The van der Waals surface area contributed by atoms with E-state index < -0.39 is 15.6 Å². The largest absolute Gasteiger partial charge is 0.324 e. The topological polar surface area (TPSA) is 145 Å². The van der Waals surface area contributed by atoms with Crippen molar-refractivity contribution in [2.75, 3.05) is 24.2 Å². The van der Waals surface area contributed by atoms with Gasteiger partial charge in [0, 0.05) is 35.9 Å². The molecule has 0 radical (unpaired) electrons. The highest BCUT2D eigenvalue weighted by molar-refractivity contribution is 7.89. The number of benzene rings is 1. The first-order valence-electron chi connectivity index (χ1n) is 11.3. The third kappa shape index (κ3) is 3.70. The van der Waals surface area contributed by atoms with Crippen LogP contribution in [-0.2, 0) is 15.6 Å². The molecule has 2 N–H and O–H groups in total. The summed E-state index contributed by atoms with van der Waals surface area (Å²) >= 11 is 1.54. The minimum absolute atomic E-state index is 0.0284. The van der Waals surface area contributed by atoms with Crippen LogP contribution in [0.4, 0.5) is 11.6 Å². The first-order valence-corrected chi connectivity index (χ1v) is 13.8. The molecule has 1 fully saturated rings. The predicted molar refractivity (Wildman–Crippen MR) is 137 cm³/mol. The Kier molecular flexibility index (Phi) is 5.25. The van der Waals surface area contributed by atoms with Crippen molar-refractivity contribution in [2.45, 2.75) is 18.9 Å². The molecule has 0 atom stereocenters. The molecule has 0 aliphatic carbocycles. The second-order valence-electron chi connectivity index (χ2n) is 8.73. The fourth-order valence-electron chi connectivity index (χ4n) is 4.44. The Balaban J connectivity index is 1.35. The molecule has 0 bridgehead atoms. The average Bonchev–Trinajstić information content (AvgIpc) is 3.61. The van der Waals surface area contributed by atoms with Gasteiger partial charge in [0.2, 0.25) is 16.0 Å². The van der Waals surface area contributed by atoms with Crippen molar-refractivity contribution < 1.29 is 8.42 Å². The summed E-state index contributed by atoms with van der Waals surface area (Å²) in [5, 5.41) is 27.2. The summed E-state index contributed by atoms with van der Waals surface area (Å²) < 4.78 is 28.6. The summed E-state index contributed by atoms with van der Waals surface area (Å²) in [7, 11) is -3.32. The number of fused-ring (bicyclic) bond motifs is 2. The van der Waals surface area contributed by atoms with Crippen molar-refractivity contribution in [2.24, 2.45) is 0 Å². The van der Waals surface area contributed by atoms with Gasteiger partial charge in [0.25, 0.3) is 0 Å². The molecule has 5 aromatic rings. The van der Waals surface area contributed by atoms with Crippen molar-refractivity contribution in [3.8, 4) is 17.3 Å². The van der Waals surface area contributed by atoms with Crippen LogP contribution in [0.1, 0.15) is 13.3 Å². The normalized spacial score (nSPS) is 15.7. The maximum atomic E-state index is 12.3. The molecule has 0 spiro atoms. The lowest BCUT2D eigenvalue weighted by Gasteiger charge is -2.47. The number of thiophene rings is 1. The molecular formula is C23H21N9O2S2. The summed E-state index contributed by atoms with van der Waals surface area (Å²) in [5.41, 5.74) is 3.37. The Morgan fingerprint density at radius 3 is 2.92 bits per heavy atom. The number of aromatic amines is 1. The van der Waals surface area contributed by atoms with Crippen LogP contribution in [0.15, 0.2) is 48.2 Å². The highest BCUT2D eigenvalue weighted by Gasteiger charge is 2.49. The number of aromatic nitrogens is 6. The summed E-state index contributed by atoms with van der Waals surface area (Å²) in [6.45, 7) is 2.06. The fraction of sp³-hybridized carbons (Fsp3) is 0.261. The van der Waals surface area contributed by atoms with Gasteiger partial charge in [-0.25, -0.2) is 18.4 Å². The minimum atomic E-state index is -3.32. The number of sulfonamides is 1. The monoisotopic (exact) mass is 519 g/mol. The number of nitrogens with zero attached hydrogens (tertiary/aromatic N) is 7. The lowest BCUT2D eigenvalue weighted by Crippen LogP contribution is -2.64. The van der Waals surface area contributed by atoms with Crippen molar-refractivity contribution in [3.63, 3.8) is 0 Å². The average molecular weight is 520 g/mol. The van der Waals surface area contributed by atoms with Crippen molar-refractivity contribution >= 4 is 54.1 Å². The van der Waals surface area contributed by atoms with Crippen LogP contribution in [-0.4, -0.2) is 61.5 Å². The summed E-state index contributed by atoms with van der Waals surface area (Å²) in [5.74, 6) is 0.475. The third-order valence-electron chi connectivity index (χ3n) is 6.45. The Morgan fingerprint density at radius 2 is 2.11 bits per heavy atom. The van der Waals surface area contributed by atoms with Gasteiger partial charge in [-0.3, -0.25) is 9.78 Å². The molecule has 5 heterocycles. The van der Waals surface area contributed by atoms with E-state index in [0.717, 1.165) is 38.1 Å². The first kappa shape index (κ1) is 22.6. The number of nitriles is 1. The number of H-pyrrole nitrogens is 1. The van der Waals surface area contributed by atoms with E-state index in [2.05, 4.69) is 31.7 Å². The highest BCUT2D eigenvalue weighted by atomic mass is 32.2. The Morgan fingerprint density at radius 1 is 1.25 bits per heavy atom. The SMILES string of the molecule is CCS(=O)(=O)N1CC(CC#N)(n2cc(-c3nc(Nc4ccc5[nH]ncc5c4)nc4ccsc34)cn2)C1. The maximum Gasteiger partial charge on any atom is 0.228 e. The molecule has 0 amide bonds. The second-order valence-corrected chi connectivity index (χ2v) is 11.9. The van der Waals surface area contributed by atoms with Gasteiger partial charge in [0.1, 0.15) is 5.54 Å². The smallest absolute Gasteiger partial charge is 0.228 e. The van der Waals surface area contributed by atoms with E-state index in [4.69, 9.17) is 4.98 Å². The molecule has 0 saturated carbocycles. The summed E-state index contributed by atoms with van der Waals surface area (Å²) in [6.07, 6.45) is 5.47. The molecule has 182 valence electrons. The quantitative estimate of drug-likeness (QED) is 0.332. The van der Waals surface area contributed by atoms with E-state index in [0.29, 0.717) is 5.95 Å². The zero-order valence-corrected chi connectivity index (χ0v) is 20.8. The first-order chi connectivity index (χ1) is 17.4. The van der Waals surface area contributed by atoms with Crippen LogP contribution in [0.3, 0.4) is 0 Å². The lowest BCUT2D eigenvalue weighted by atomic mass is 9.89. The molecule has 1 saturated heterocycles. The van der Waals surface area contributed by atoms with Gasteiger partial charge < -0.3 is 5.32 Å². The van der Waals surface area contributed by atoms with Crippen LogP contribution in [0.25, 0.3) is 32.4 Å². The molecular weight excluding hydrogens is 498 g/mol. The van der Waals surface area contributed by atoms with Gasteiger partial charge in [-0.1, -0.05) is 0 Å². The molecule has 1 aliphatic rings. The van der Waals surface area contributed by atoms with Gasteiger partial charge in [0.15, 0.2) is 0 Å². The Bertz CT molecular complexity index is 1740. The number of hydrogen-bond donors (Lipinski definition) is 2. The van der Waals surface area contributed by atoms with E-state index in [1.807, 2.05) is 35.8 Å². The molecule has 4 aromatic heterocycles. The van der Waals surface area contributed by atoms with Crippen LogP contribution >= 0.6 is 11.3 Å². The Hall–Kier alpha value is -3.86. The number of anilines is 2. The Labute approximate surface area is 210 Å². The van der Waals surface area contributed by atoms with E-state index in [1.165, 1.54) is 15.6 Å². The molecule has 11 nitrogen and oxygen atoms in total. The lowest BCUT2D eigenvalue weighted by molar-refractivity contribution is 0.0719. The van der Waals surface area contributed by atoms with Crippen molar-refractivity contribution in [3.05, 3.63) is 48.2 Å². The molecule has 6 rings (SSSR count). The molecule has 1 aromatic carbocycles. The number of nitrogens with one attached hydrogen (secondary N) is 2. The minimum Gasteiger partial charge on any atom is -0.324 e. The van der Waals surface area contributed by atoms with Crippen LogP contribution < -0.4 is 5.32 Å². The van der Waals surface area contributed by atoms with Crippen LogP contribution in [0.5, 0.6) is 0 Å². The highest BCUT2D eigenvalue weighted by Crippen LogP contribution is 2.37. The van der Waals surface area contributed by atoms with Crippen LogP contribution in [0, 0.1) is 11.3 Å². The van der Waals surface area contributed by atoms with E-state index in [1.54, 1.807) is 24.0 Å². The van der Waals surface area contributed by atoms with Gasteiger partial charge >= 0.3 is 0 Å². The molecule has 0 unspecified atom stereocenters. The van der Waals surface area contributed by atoms with Gasteiger partial charge in [0.05, 0.1) is 52.1 Å². The predicted octanol–water partition coefficient (Wildman–Crippen LogP) is 3.45. The fourth-order valence-corrected chi connectivity index (χ4v) is 6.53. The molecule has 1 aliphatic heterocycles. The van der Waals surface area contributed by atoms with Gasteiger partial charge in [-0.2, -0.15) is 19.8 Å². The standard InChI is InChI=1S/C23H21N9O2S2/c1-2-36(33,34)31-13-23(14-31,6-7-24)32-12-16(11-26-32)20-21-19(5-8-35-21)28-22(29-20)27-17-3-4-18-15(9-17)10-25-30-18/h3-5,8-12H,2,6,13-14H2,1H3,(H,25,30)(H,27,28,29). The van der Waals surface area contributed by atoms with Crippen LogP contribution in [0.2, 0.25) is 0 Å². The molecule has 13 heteroatoms. The van der Waals surface area contributed by atoms with E-state index in [9.17, 15) is 13.7 Å². The summed E-state index contributed by atoms with van der Waals surface area (Å²) in [6, 6.07) is 9.97. The molecule has 36 heavy (non-hydrogen) atoms. The van der Waals surface area contributed by atoms with Crippen molar-refractivity contribution in [1.29, 1.82) is 5.26 Å². The van der Waals surface area contributed by atoms with E-state index >= 15 is 0 Å². The van der Waals surface area contributed by atoms with E-state index in [-0.39, 0.29) is 25.3 Å². The zero-order valence-electron chi connectivity index (χ0n) is 19.2. The zero-order chi connectivity index (χ0) is 24.9. The van der Waals surface area contributed by atoms with Gasteiger partial charge in [-0.05, 0) is 36.6 Å².